The minimum Gasteiger partial charge on any atom is -0.376 e. The summed E-state index contributed by atoms with van der Waals surface area (Å²) in [5.41, 5.74) is 4.42. The Hall–Kier alpha value is -2.38. The highest BCUT2D eigenvalue weighted by Crippen LogP contribution is 2.38. The molecule has 1 heteroatoms. The standard InChI is InChI=1S/C21H18O/c22-21(18-7-3-1-4-8-18,19-9-5-2-6-10-19)20-14-13-16-11-12-17(16)15-20/h1-10,13-15,22H,11-12H2. The van der Waals surface area contributed by atoms with Crippen molar-refractivity contribution >= 4 is 0 Å². The number of hydrogen-bond acceptors (Lipinski definition) is 1. The van der Waals surface area contributed by atoms with Crippen molar-refractivity contribution in [3.63, 3.8) is 0 Å². The van der Waals surface area contributed by atoms with Gasteiger partial charge in [0.05, 0.1) is 0 Å². The SMILES string of the molecule is OC(c1ccccc1)(c1ccccc1)c1ccc2c(c1)CC2. The summed E-state index contributed by atoms with van der Waals surface area (Å²) in [6.07, 6.45) is 2.27. The topological polar surface area (TPSA) is 20.2 Å². The molecule has 0 saturated heterocycles. The zero-order valence-corrected chi connectivity index (χ0v) is 12.4. The van der Waals surface area contributed by atoms with E-state index in [9.17, 15) is 5.11 Å². The van der Waals surface area contributed by atoms with Crippen molar-refractivity contribution in [1.29, 1.82) is 0 Å². The maximum atomic E-state index is 11.7. The number of benzene rings is 3. The highest BCUT2D eigenvalue weighted by Gasteiger charge is 2.34. The van der Waals surface area contributed by atoms with Crippen LogP contribution in [-0.2, 0) is 18.4 Å². The summed E-state index contributed by atoms with van der Waals surface area (Å²) in [6, 6.07) is 26.2. The molecule has 0 bridgehead atoms. The van der Waals surface area contributed by atoms with Crippen LogP contribution in [0.4, 0.5) is 0 Å². The average Bonchev–Trinajstić information content (AvgIpc) is 2.57. The van der Waals surface area contributed by atoms with E-state index >= 15 is 0 Å². The fourth-order valence-corrected chi connectivity index (χ4v) is 3.28. The predicted octanol–water partition coefficient (Wildman–Crippen LogP) is 4.07. The van der Waals surface area contributed by atoms with Gasteiger partial charge in [-0.3, -0.25) is 0 Å². The van der Waals surface area contributed by atoms with E-state index in [-0.39, 0.29) is 0 Å². The van der Waals surface area contributed by atoms with E-state index in [2.05, 4.69) is 18.2 Å². The van der Waals surface area contributed by atoms with Gasteiger partial charge in [0.1, 0.15) is 5.60 Å². The van der Waals surface area contributed by atoms with Gasteiger partial charge in [0.15, 0.2) is 0 Å². The quantitative estimate of drug-likeness (QED) is 0.720. The summed E-state index contributed by atoms with van der Waals surface area (Å²) in [5.74, 6) is 0. The Kier molecular flexibility index (Phi) is 3.09. The van der Waals surface area contributed by atoms with Gasteiger partial charge in [-0.2, -0.15) is 0 Å². The van der Waals surface area contributed by atoms with Gasteiger partial charge in [-0.25, -0.2) is 0 Å². The second-order valence-electron chi connectivity index (χ2n) is 5.93. The lowest BCUT2D eigenvalue weighted by Gasteiger charge is -2.32. The van der Waals surface area contributed by atoms with E-state index < -0.39 is 5.60 Å². The van der Waals surface area contributed by atoms with Crippen LogP contribution in [0.1, 0.15) is 27.8 Å². The van der Waals surface area contributed by atoms with E-state index in [0.29, 0.717) is 0 Å². The molecule has 3 aromatic carbocycles. The lowest BCUT2D eigenvalue weighted by Crippen LogP contribution is -2.29. The monoisotopic (exact) mass is 286 g/mol. The lowest BCUT2D eigenvalue weighted by atomic mass is 9.77. The Morgan fingerprint density at radius 2 is 1.14 bits per heavy atom. The summed E-state index contributed by atoms with van der Waals surface area (Å²) >= 11 is 0. The minimum atomic E-state index is -1.10. The Morgan fingerprint density at radius 1 is 0.591 bits per heavy atom. The van der Waals surface area contributed by atoms with Gasteiger partial charge in [-0.1, -0.05) is 78.9 Å². The molecule has 22 heavy (non-hydrogen) atoms. The third-order valence-corrected chi connectivity index (χ3v) is 4.67. The van der Waals surface area contributed by atoms with Crippen molar-refractivity contribution in [1.82, 2.24) is 0 Å². The van der Waals surface area contributed by atoms with E-state index in [4.69, 9.17) is 0 Å². The fourth-order valence-electron chi connectivity index (χ4n) is 3.28. The molecule has 0 radical (unpaired) electrons. The van der Waals surface area contributed by atoms with Crippen molar-refractivity contribution in [3.05, 3.63) is 107 Å². The molecule has 0 atom stereocenters. The van der Waals surface area contributed by atoms with Crippen LogP contribution in [0.5, 0.6) is 0 Å². The second-order valence-corrected chi connectivity index (χ2v) is 5.93. The van der Waals surface area contributed by atoms with Gasteiger partial charge in [-0.05, 0) is 40.7 Å². The van der Waals surface area contributed by atoms with Gasteiger partial charge in [-0.15, -0.1) is 0 Å². The smallest absolute Gasteiger partial charge is 0.140 e. The molecule has 1 nitrogen and oxygen atoms in total. The highest BCUT2D eigenvalue weighted by molar-refractivity contribution is 5.50. The molecular weight excluding hydrogens is 268 g/mol. The molecular formula is C21H18O. The highest BCUT2D eigenvalue weighted by atomic mass is 16.3. The average molecular weight is 286 g/mol. The first-order valence-electron chi connectivity index (χ1n) is 7.74. The van der Waals surface area contributed by atoms with E-state index in [1.54, 1.807) is 0 Å². The van der Waals surface area contributed by atoms with Crippen LogP contribution in [-0.4, -0.2) is 5.11 Å². The van der Waals surface area contributed by atoms with Crippen LogP contribution in [0.15, 0.2) is 78.9 Å². The normalized spacial score (nSPS) is 13.3. The Bertz CT molecular complexity index is 751. The van der Waals surface area contributed by atoms with Crippen LogP contribution in [0.3, 0.4) is 0 Å². The molecule has 0 heterocycles. The van der Waals surface area contributed by atoms with Crippen LogP contribution in [0, 0.1) is 0 Å². The predicted molar refractivity (Wildman–Crippen MR) is 88.8 cm³/mol. The van der Waals surface area contributed by atoms with Crippen LogP contribution in [0.2, 0.25) is 0 Å². The largest absolute Gasteiger partial charge is 0.376 e. The molecule has 108 valence electrons. The van der Waals surface area contributed by atoms with Crippen LogP contribution < -0.4 is 0 Å². The number of aryl methyl sites for hydroxylation is 2. The third kappa shape index (κ3) is 1.98. The van der Waals surface area contributed by atoms with Gasteiger partial charge in [0.25, 0.3) is 0 Å². The summed E-state index contributed by atoms with van der Waals surface area (Å²) < 4.78 is 0. The Labute approximate surface area is 130 Å². The number of aliphatic hydroxyl groups is 1. The van der Waals surface area contributed by atoms with Gasteiger partial charge in [0, 0.05) is 0 Å². The molecule has 0 saturated carbocycles. The minimum absolute atomic E-state index is 0.903. The molecule has 4 rings (SSSR count). The molecule has 1 aliphatic carbocycles. The molecule has 0 aliphatic heterocycles. The van der Waals surface area contributed by atoms with Gasteiger partial charge in [0.2, 0.25) is 0 Å². The van der Waals surface area contributed by atoms with Crippen molar-refractivity contribution in [2.45, 2.75) is 18.4 Å². The van der Waals surface area contributed by atoms with Gasteiger partial charge < -0.3 is 5.11 Å². The van der Waals surface area contributed by atoms with Crippen LogP contribution in [0.25, 0.3) is 0 Å². The first kappa shape index (κ1) is 13.3. The molecule has 0 amide bonds. The van der Waals surface area contributed by atoms with E-state index in [0.717, 1.165) is 29.5 Å². The molecule has 0 unspecified atom stereocenters. The maximum absolute atomic E-state index is 11.7. The Morgan fingerprint density at radius 3 is 1.59 bits per heavy atom. The number of hydrogen-bond donors (Lipinski definition) is 1. The molecule has 3 aromatic rings. The zero-order chi connectivity index (χ0) is 15.0. The van der Waals surface area contributed by atoms with Crippen molar-refractivity contribution < 1.29 is 5.11 Å². The molecule has 1 N–H and O–H groups in total. The van der Waals surface area contributed by atoms with Gasteiger partial charge >= 0.3 is 0 Å². The molecule has 0 fully saturated rings. The van der Waals surface area contributed by atoms with E-state index in [1.165, 1.54) is 11.1 Å². The lowest BCUT2D eigenvalue weighted by molar-refractivity contribution is 0.125. The molecule has 0 spiro atoms. The second kappa shape index (κ2) is 5.11. The summed E-state index contributed by atoms with van der Waals surface area (Å²) in [4.78, 5) is 0. The summed E-state index contributed by atoms with van der Waals surface area (Å²) in [5, 5.41) is 11.7. The molecule has 0 aromatic heterocycles. The van der Waals surface area contributed by atoms with Crippen molar-refractivity contribution in [3.8, 4) is 0 Å². The zero-order valence-electron chi connectivity index (χ0n) is 12.4. The van der Waals surface area contributed by atoms with Crippen molar-refractivity contribution in [2.75, 3.05) is 0 Å². The first-order valence-corrected chi connectivity index (χ1v) is 7.74. The molecule has 1 aliphatic rings. The fraction of sp³-hybridized carbons (Fsp3) is 0.143. The number of fused-ring (bicyclic) bond motifs is 1. The third-order valence-electron chi connectivity index (χ3n) is 4.67. The maximum Gasteiger partial charge on any atom is 0.140 e. The summed E-state index contributed by atoms with van der Waals surface area (Å²) in [7, 11) is 0. The van der Waals surface area contributed by atoms with Crippen LogP contribution >= 0.6 is 0 Å². The first-order chi connectivity index (χ1) is 10.8. The van der Waals surface area contributed by atoms with E-state index in [1.807, 2.05) is 60.7 Å². The summed E-state index contributed by atoms with van der Waals surface area (Å²) in [6.45, 7) is 0. The Balaban J connectivity index is 1.94. The van der Waals surface area contributed by atoms with Crippen molar-refractivity contribution in [2.24, 2.45) is 0 Å². The number of rotatable bonds is 3.